The van der Waals surface area contributed by atoms with Crippen LogP contribution in [0.4, 0.5) is 4.39 Å². The molecular formula is C17H11Cl2FN4O. The fraction of sp³-hybridized carbons (Fsp3) is 0. The molecule has 0 saturated carbocycles. The number of halogens is 3. The summed E-state index contributed by atoms with van der Waals surface area (Å²) in [5.74, 6) is -0.756. The van der Waals surface area contributed by atoms with Crippen LogP contribution in [0.3, 0.4) is 0 Å². The molecule has 0 aliphatic rings. The van der Waals surface area contributed by atoms with E-state index in [0.717, 1.165) is 5.56 Å². The lowest BCUT2D eigenvalue weighted by Crippen LogP contribution is -2.17. The van der Waals surface area contributed by atoms with Crippen molar-refractivity contribution in [1.82, 2.24) is 15.6 Å². The highest BCUT2D eigenvalue weighted by atomic mass is 35.5. The van der Waals surface area contributed by atoms with Gasteiger partial charge in [-0.3, -0.25) is 9.89 Å². The van der Waals surface area contributed by atoms with Gasteiger partial charge in [0.2, 0.25) is 0 Å². The Balaban J connectivity index is 1.73. The van der Waals surface area contributed by atoms with Gasteiger partial charge in [-0.2, -0.15) is 10.2 Å². The molecule has 3 rings (SSSR count). The molecule has 8 heteroatoms. The number of aromatic amines is 1. The summed E-state index contributed by atoms with van der Waals surface area (Å²) in [4.78, 5) is 12.0. The first-order valence-electron chi connectivity index (χ1n) is 7.12. The molecule has 2 aromatic carbocycles. The Morgan fingerprint density at radius 2 is 1.92 bits per heavy atom. The summed E-state index contributed by atoms with van der Waals surface area (Å²) in [6, 6.07) is 10.5. The molecule has 3 aromatic rings. The van der Waals surface area contributed by atoms with Crippen molar-refractivity contribution >= 4 is 35.3 Å². The number of amides is 1. The predicted molar refractivity (Wildman–Crippen MR) is 95.5 cm³/mol. The number of carbonyl (C=O) groups excluding carboxylic acids is 1. The third kappa shape index (κ3) is 4.04. The van der Waals surface area contributed by atoms with Gasteiger partial charge in [0.25, 0.3) is 5.91 Å². The lowest BCUT2D eigenvalue weighted by atomic mass is 10.1. The minimum Gasteiger partial charge on any atom is -0.277 e. The zero-order chi connectivity index (χ0) is 17.8. The second-order valence-corrected chi connectivity index (χ2v) is 5.85. The molecule has 0 saturated heterocycles. The van der Waals surface area contributed by atoms with E-state index in [-0.39, 0.29) is 10.8 Å². The third-order valence-corrected chi connectivity index (χ3v) is 4.09. The number of nitrogens with one attached hydrogen (secondary N) is 2. The maximum atomic E-state index is 13.0. The van der Waals surface area contributed by atoms with E-state index >= 15 is 0 Å². The lowest BCUT2D eigenvalue weighted by Gasteiger charge is -2.02. The van der Waals surface area contributed by atoms with Crippen molar-refractivity contribution in [3.63, 3.8) is 0 Å². The van der Waals surface area contributed by atoms with Crippen LogP contribution in [0.2, 0.25) is 10.0 Å². The topological polar surface area (TPSA) is 70.1 Å². The summed E-state index contributed by atoms with van der Waals surface area (Å²) in [6.45, 7) is 0. The van der Waals surface area contributed by atoms with Crippen molar-refractivity contribution in [2.24, 2.45) is 5.10 Å². The van der Waals surface area contributed by atoms with E-state index in [4.69, 9.17) is 23.2 Å². The van der Waals surface area contributed by atoms with Gasteiger partial charge in [-0.25, -0.2) is 9.82 Å². The second kappa shape index (κ2) is 7.46. The second-order valence-electron chi connectivity index (χ2n) is 5.04. The molecule has 0 fully saturated rings. The third-order valence-electron chi connectivity index (χ3n) is 3.35. The van der Waals surface area contributed by atoms with Gasteiger partial charge in [0, 0.05) is 16.7 Å². The number of hydrazone groups is 1. The first-order chi connectivity index (χ1) is 12.0. The quantitative estimate of drug-likeness (QED) is 0.526. The van der Waals surface area contributed by atoms with Crippen LogP contribution in [0.15, 0.2) is 53.8 Å². The molecular weight excluding hydrogens is 366 g/mol. The molecule has 25 heavy (non-hydrogen) atoms. The Labute approximate surface area is 152 Å². The molecule has 1 aromatic heterocycles. The van der Waals surface area contributed by atoms with E-state index in [1.54, 1.807) is 24.4 Å². The Hall–Kier alpha value is -2.70. The van der Waals surface area contributed by atoms with Crippen LogP contribution >= 0.6 is 23.2 Å². The molecule has 1 amide bonds. The van der Waals surface area contributed by atoms with E-state index in [2.05, 4.69) is 20.7 Å². The Kier molecular flexibility index (Phi) is 5.11. The van der Waals surface area contributed by atoms with Crippen LogP contribution < -0.4 is 5.43 Å². The summed E-state index contributed by atoms with van der Waals surface area (Å²) in [5, 5.41) is 11.3. The SMILES string of the molecule is O=C(N/N=C\c1cn[nH]c1-c1ccc(F)cc1)c1ccc(Cl)c(Cl)c1. The maximum absolute atomic E-state index is 13.0. The molecule has 0 aliphatic heterocycles. The molecule has 0 atom stereocenters. The van der Waals surface area contributed by atoms with Gasteiger partial charge in [0.15, 0.2) is 0 Å². The van der Waals surface area contributed by atoms with Crippen molar-refractivity contribution in [3.05, 3.63) is 75.7 Å². The van der Waals surface area contributed by atoms with Gasteiger partial charge < -0.3 is 0 Å². The van der Waals surface area contributed by atoms with Crippen molar-refractivity contribution in [1.29, 1.82) is 0 Å². The van der Waals surface area contributed by atoms with Crippen LogP contribution in [0.1, 0.15) is 15.9 Å². The van der Waals surface area contributed by atoms with Crippen molar-refractivity contribution in [2.75, 3.05) is 0 Å². The number of H-pyrrole nitrogens is 1. The number of hydrogen-bond donors (Lipinski definition) is 2. The minimum absolute atomic E-state index is 0.284. The van der Waals surface area contributed by atoms with Crippen LogP contribution in [0.25, 0.3) is 11.3 Å². The molecule has 0 bridgehead atoms. The van der Waals surface area contributed by atoms with Gasteiger partial charge in [-0.05, 0) is 42.5 Å². The van der Waals surface area contributed by atoms with Gasteiger partial charge >= 0.3 is 0 Å². The summed E-state index contributed by atoms with van der Waals surface area (Å²) >= 11 is 11.7. The van der Waals surface area contributed by atoms with Crippen LogP contribution in [-0.2, 0) is 0 Å². The average Bonchev–Trinajstić information content (AvgIpc) is 3.06. The molecule has 126 valence electrons. The first kappa shape index (κ1) is 17.1. The number of carbonyl (C=O) groups is 1. The van der Waals surface area contributed by atoms with Gasteiger partial charge in [-0.15, -0.1) is 0 Å². The number of benzene rings is 2. The maximum Gasteiger partial charge on any atom is 0.271 e. The minimum atomic E-state index is -0.429. The Bertz CT molecular complexity index is 938. The normalized spacial score (nSPS) is 11.0. The van der Waals surface area contributed by atoms with Crippen LogP contribution in [-0.4, -0.2) is 22.3 Å². The highest BCUT2D eigenvalue weighted by molar-refractivity contribution is 6.42. The predicted octanol–water partition coefficient (Wildman–Crippen LogP) is 4.29. The first-order valence-corrected chi connectivity index (χ1v) is 7.88. The fourth-order valence-corrected chi connectivity index (χ4v) is 2.40. The standard InChI is InChI=1S/C17H11Cl2FN4O/c18-14-6-3-11(7-15(14)19)17(25)24-22-9-12-8-21-23-16(12)10-1-4-13(20)5-2-10/h1-9H,(H,21,23)(H,24,25)/b22-9-. The monoisotopic (exact) mass is 376 g/mol. The van der Waals surface area contributed by atoms with E-state index in [1.807, 2.05) is 0 Å². The smallest absolute Gasteiger partial charge is 0.271 e. The van der Waals surface area contributed by atoms with Crippen molar-refractivity contribution in [2.45, 2.75) is 0 Å². The van der Waals surface area contributed by atoms with Gasteiger partial charge in [0.05, 0.1) is 28.2 Å². The zero-order valence-corrected chi connectivity index (χ0v) is 14.1. The molecule has 0 spiro atoms. The van der Waals surface area contributed by atoms with Crippen molar-refractivity contribution < 1.29 is 9.18 Å². The van der Waals surface area contributed by atoms with Crippen LogP contribution in [0.5, 0.6) is 0 Å². The summed E-state index contributed by atoms with van der Waals surface area (Å²) in [7, 11) is 0. The van der Waals surface area contributed by atoms with Gasteiger partial charge in [-0.1, -0.05) is 23.2 Å². The lowest BCUT2D eigenvalue weighted by molar-refractivity contribution is 0.0955. The molecule has 0 radical (unpaired) electrons. The number of nitrogens with zero attached hydrogens (tertiary/aromatic N) is 2. The van der Waals surface area contributed by atoms with E-state index in [0.29, 0.717) is 21.8 Å². The molecule has 5 nitrogen and oxygen atoms in total. The number of aromatic nitrogens is 2. The number of hydrogen-bond acceptors (Lipinski definition) is 3. The summed E-state index contributed by atoms with van der Waals surface area (Å²) < 4.78 is 13.0. The zero-order valence-electron chi connectivity index (χ0n) is 12.6. The summed E-state index contributed by atoms with van der Waals surface area (Å²) in [5.41, 5.74) is 4.78. The highest BCUT2D eigenvalue weighted by Crippen LogP contribution is 2.22. The van der Waals surface area contributed by atoms with E-state index in [1.165, 1.54) is 30.5 Å². The van der Waals surface area contributed by atoms with Gasteiger partial charge in [0.1, 0.15) is 5.82 Å². The molecule has 0 aliphatic carbocycles. The van der Waals surface area contributed by atoms with E-state index < -0.39 is 5.91 Å². The number of rotatable bonds is 4. The van der Waals surface area contributed by atoms with E-state index in [9.17, 15) is 9.18 Å². The highest BCUT2D eigenvalue weighted by Gasteiger charge is 2.08. The van der Waals surface area contributed by atoms with Crippen LogP contribution in [0, 0.1) is 5.82 Å². The molecule has 2 N–H and O–H groups in total. The van der Waals surface area contributed by atoms with Crippen molar-refractivity contribution in [3.8, 4) is 11.3 Å². The summed E-state index contributed by atoms with van der Waals surface area (Å²) in [6.07, 6.45) is 2.99. The molecule has 0 unspecified atom stereocenters. The average molecular weight is 377 g/mol. The largest absolute Gasteiger partial charge is 0.277 e. The Morgan fingerprint density at radius 3 is 2.64 bits per heavy atom. The Morgan fingerprint density at radius 1 is 1.16 bits per heavy atom. The molecule has 1 heterocycles. The fourth-order valence-electron chi connectivity index (χ4n) is 2.10.